The Balaban J connectivity index is 1.75. The van der Waals surface area contributed by atoms with E-state index in [1.807, 2.05) is 41.3 Å². The number of methoxy groups -OCH3 is 1. The number of thiophene rings is 1. The Hall–Kier alpha value is -2.71. The second-order valence-corrected chi connectivity index (χ2v) is 11.7. The molecule has 1 aromatic heterocycles. The number of hydrogen-bond donors (Lipinski definition) is 1. The normalized spacial score (nSPS) is 21.7. The maximum atomic E-state index is 14.2. The summed E-state index contributed by atoms with van der Waals surface area (Å²) in [5.41, 5.74) is 1.66. The van der Waals surface area contributed by atoms with Gasteiger partial charge in [0.2, 0.25) is 5.91 Å². The molecule has 1 unspecified atom stereocenters. The maximum Gasteiger partial charge on any atom is 0.328 e. The minimum atomic E-state index is -0.792. The van der Waals surface area contributed by atoms with Crippen molar-refractivity contribution in [2.24, 2.45) is 11.8 Å². The average Bonchev–Trinajstić information content (AvgIpc) is 3.35. The SMILES string of the molecule is COC(=O)C(C)NC(=O)c1sc(-c2ccccc2)cc1N(C(=O)C1CCC(C)CC1)C1CCN(C)CC1. The number of nitrogens with zero attached hydrogens (tertiary/aromatic N) is 2. The van der Waals surface area contributed by atoms with Crippen LogP contribution in [0.15, 0.2) is 36.4 Å². The van der Waals surface area contributed by atoms with Crippen molar-refractivity contribution < 1.29 is 19.1 Å². The Labute approximate surface area is 224 Å². The number of carbonyl (C=O) groups is 3. The van der Waals surface area contributed by atoms with Crippen LogP contribution in [-0.2, 0) is 14.3 Å². The molecular weight excluding hydrogens is 486 g/mol. The Bertz CT molecular complexity index is 1090. The minimum absolute atomic E-state index is 0.0270. The molecule has 2 fully saturated rings. The van der Waals surface area contributed by atoms with Gasteiger partial charge in [-0.25, -0.2) is 4.79 Å². The van der Waals surface area contributed by atoms with E-state index in [2.05, 4.69) is 24.2 Å². The van der Waals surface area contributed by atoms with Gasteiger partial charge in [-0.3, -0.25) is 9.59 Å². The molecule has 2 heterocycles. The van der Waals surface area contributed by atoms with E-state index in [1.54, 1.807) is 6.92 Å². The Morgan fingerprint density at radius 1 is 1.05 bits per heavy atom. The second kappa shape index (κ2) is 12.2. The van der Waals surface area contributed by atoms with E-state index in [9.17, 15) is 14.4 Å². The lowest BCUT2D eigenvalue weighted by atomic mass is 9.82. The van der Waals surface area contributed by atoms with Gasteiger partial charge in [0.15, 0.2) is 0 Å². The number of amides is 2. The molecule has 1 saturated heterocycles. The lowest BCUT2D eigenvalue weighted by Gasteiger charge is -2.40. The molecule has 1 saturated carbocycles. The molecule has 1 N–H and O–H groups in total. The van der Waals surface area contributed by atoms with E-state index in [0.29, 0.717) is 16.5 Å². The third-order valence-electron chi connectivity index (χ3n) is 7.79. The van der Waals surface area contributed by atoms with E-state index in [-0.39, 0.29) is 23.8 Å². The number of nitrogens with one attached hydrogen (secondary N) is 1. The monoisotopic (exact) mass is 525 g/mol. The summed E-state index contributed by atoms with van der Waals surface area (Å²) in [4.78, 5) is 45.4. The van der Waals surface area contributed by atoms with Gasteiger partial charge in [-0.15, -0.1) is 11.3 Å². The van der Waals surface area contributed by atoms with Crippen LogP contribution in [-0.4, -0.2) is 62.0 Å². The standard InChI is InChI=1S/C29H39N3O4S/c1-19-10-12-22(13-11-19)28(34)32(23-14-16-31(3)17-15-23)24-18-25(21-8-6-5-7-9-21)37-26(24)27(33)30-20(2)29(35)36-4/h5-9,18-20,22-23H,10-17H2,1-4H3,(H,30,33). The van der Waals surface area contributed by atoms with Crippen molar-refractivity contribution in [1.82, 2.24) is 10.2 Å². The zero-order valence-electron chi connectivity index (χ0n) is 22.4. The van der Waals surface area contributed by atoms with Gasteiger partial charge in [0.1, 0.15) is 10.9 Å². The number of anilines is 1. The zero-order valence-corrected chi connectivity index (χ0v) is 23.2. The minimum Gasteiger partial charge on any atom is -0.467 e. The Morgan fingerprint density at radius 3 is 2.32 bits per heavy atom. The fourth-order valence-electron chi connectivity index (χ4n) is 5.42. The number of hydrogen-bond acceptors (Lipinski definition) is 6. The molecule has 0 radical (unpaired) electrons. The van der Waals surface area contributed by atoms with Crippen LogP contribution < -0.4 is 10.2 Å². The number of likely N-dealkylation sites (tertiary alicyclic amines) is 1. The molecule has 2 amide bonds. The molecular formula is C29H39N3O4S. The van der Waals surface area contributed by atoms with Gasteiger partial charge in [0.05, 0.1) is 12.8 Å². The highest BCUT2D eigenvalue weighted by Crippen LogP contribution is 2.41. The van der Waals surface area contributed by atoms with E-state index in [0.717, 1.165) is 62.1 Å². The third kappa shape index (κ3) is 6.41. The molecule has 1 aliphatic carbocycles. The topological polar surface area (TPSA) is 79.0 Å². The maximum absolute atomic E-state index is 14.2. The van der Waals surface area contributed by atoms with Crippen LogP contribution in [0.2, 0.25) is 0 Å². The summed E-state index contributed by atoms with van der Waals surface area (Å²) < 4.78 is 4.81. The molecule has 7 nitrogen and oxygen atoms in total. The summed E-state index contributed by atoms with van der Waals surface area (Å²) in [6.45, 7) is 5.68. The third-order valence-corrected chi connectivity index (χ3v) is 8.97. The van der Waals surface area contributed by atoms with E-state index < -0.39 is 12.0 Å². The van der Waals surface area contributed by atoms with Crippen LogP contribution in [0.5, 0.6) is 0 Å². The summed E-state index contributed by atoms with van der Waals surface area (Å²) in [6, 6.07) is 11.2. The smallest absolute Gasteiger partial charge is 0.328 e. The molecule has 8 heteroatoms. The first-order valence-corrected chi connectivity index (χ1v) is 14.2. The highest BCUT2D eigenvalue weighted by atomic mass is 32.1. The van der Waals surface area contributed by atoms with Crippen LogP contribution in [0.4, 0.5) is 5.69 Å². The van der Waals surface area contributed by atoms with Crippen LogP contribution in [0.25, 0.3) is 10.4 Å². The summed E-state index contributed by atoms with van der Waals surface area (Å²) in [7, 11) is 3.41. The van der Waals surface area contributed by atoms with Gasteiger partial charge in [0.25, 0.3) is 5.91 Å². The molecule has 1 aromatic carbocycles. The van der Waals surface area contributed by atoms with E-state index >= 15 is 0 Å². The van der Waals surface area contributed by atoms with Crippen molar-refractivity contribution in [2.75, 3.05) is 32.1 Å². The van der Waals surface area contributed by atoms with Gasteiger partial charge in [-0.2, -0.15) is 0 Å². The van der Waals surface area contributed by atoms with Crippen LogP contribution >= 0.6 is 11.3 Å². The fourth-order valence-corrected chi connectivity index (χ4v) is 6.48. The van der Waals surface area contributed by atoms with Crippen molar-refractivity contribution in [3.8, 4) is 10.4 Å². The first kappa shape index (κ1) is 27.3. The number of rotatable bonds is 7. The fraction of sp³-hybridized carbons (Fsp3) is 0.552. The summed E-state index contributed by atoms with van der Waals surface area (Å²) in [5.74, 6) is -0.111. The number of ether oxygens (including phenoxy) is 1. The Morgan fingerprint density at radius 2 is 1.70 bits per heavy atom. The van der Waals surface area contributed by atoms with Crippen LogP contribution in [0, 0.1) is 11.8 Å². The zero-order chi connectivity index (χ0) is 26.5. The van der Waals surface area contributed by atoms with Gasteiger partial charge >= 0.3 is 5.97 Å². The number of esters is 1. The van der Waals surface area contributed by atoms with Gasteiger partial charge in [-0.1, -0.05) is 37.3 Å². The van der Waals surface area contributed by atoms with E-state index in [1.165, 1.54) is 18.4 Å². The summed E-state index contributed by atoms with van der Waals surface area (Å²) in [5, 5.41) is 2.79. The van der Waals surface area contributed by atoms with Crippen molar-refractivity contribution in [2.45, 2.75) is 64.5 Å². The van der Waals surface area contributed by atoms with Crippen molar-refractivity contribution in [3.63, 3.8) is 0 Å². The van der Waals surface area contributed by atoms with Crippen LogP contribution in [0.1, 0.15) is 62.0 Å². The molecule has 0 spiro atoms. The molecule has 200 valence electrons. The second-order valence-electron chi connectivity index (χ2n) is 10.6. The van der Waals surface area contributed by atoms with Crippen molar-refractivity contribution in [3.05, 3.63) is 41.3 Å². The van der Waals surface area contributed by atoms with E-state index in [4.69, 9.17) is 4.74 Å². The van der Waals surface area contributed by atoms with Crippen molar-refractivity contribution >= 4 is 34.8 Å². The molecule has 2 aliphatic rings. The molecule has 2 aromatic rings. The van der Waals surface area contributed by atoms with Gasteiger partial charge in [0, 0.05) is 16.8 Å². The van der Waals surface area contributed by atoms with Gasteiger partial charge < -0.3 is 19.9 Å². The largest absolute Gasteiger partial charge is 0.467 e. The first-order chi connectivity index (χ1) is 17.8. The lowest BCUT2D eigenvalue weighted by molar-refractivity contribution is -0.142. The Kier molecular flexibility index (Phi) is 9.03. The van der Waals surface area contributed by atoms with Gasteiger partial charge in [-0.05, 0) is 83.1 Å². The number of piperidine rings is 1. The molecule has 0 bridgehead atoms. The predicted octanol–water partition coefficient (Wildman–Crippen LogP) is 4.96. The average molecular weight is 526 g/mol. The lowest BCUT2D eigenvalue weighted by Crippen LogP contribution is -2.50. The highest BCUT2D eigenvalue weighted by molar-refractivity contribution is 7.18. The molecule has 1 aliphatic heterocycles. The molecule has 1 atom stereocenters. The summed E-state index contributed by atoms with van der Waals surface area (Å²) >= 11 is 1.37. The first-order valence-electron chi connectivity index (χ1n) is 13.4. The number of benzene rings is 1. The highest BCUT2D eigenvalue weighted by Gasteiger charge is 2.37. The van der Waals surface area contributed by atoms with Crippen molar-refractivity contribution in [1.29, 1.82) is 0 Å². The number of carbonyl (C=O) groups excluding carboxylic acids is 3. The predicted molar refractivity (Wildman–Crippen MR) is 148 cm³/mol. The van der Waals surface area contributed by atoms with Crippen LogP contribution in [0.3, 0.4) is 0 Å². The summed E-state index contributed by atoms with van der Waals surface area (Å²) in [6.07, 6.45) is 5.61. The molecule has 37 heavy (non-hydrogen) atoms. The molecule has 4 rings (SSSR count). The quantitative estimate of drug-likeness (QED) is 0.517.